The lowest BCUT2D eigenvalue weighted by Crippen LogP contribution is -2.49. The first-order valence-electron chi connectivity index (χ1n) is 5.92. The van der Waals surface area contributed by atoms with Gasteiger partial charge >= 0.3 is 0 Å². The maximum atomic E-state index is 9.67. The average molecular weight is 221 g/mol. The van der Waals surface area contributed by atoms with Crippen LogP contribution in [0.15, 0.2) is 18.2 Å². The first kappa shape index (κ1) is 11.3. The summed E-state index contributed by atoms with van der Waals surface area (Å²) >= 11 is 0. The van der Waals surface area contributed by atoms with E-state index in [0.717, 1.165) is 12.0 Å². The van der Waals surface area contributed by atoms with Crippen LogP contribution in [-0.4, -0.2) is 15.8 Å². The number of nitrogens with one attached hydrogen (secondary N) is 1. The van der Waals surface area contributed by atoms with Gasteiger partial charge in [-0.25, -0.2) is 0 Å². The third kappa shape index (κ3) is 2.00. The Kier molecular flexibility index (Phi) is 3.06. The Balaban J connectivity index is 2.02. The van der Waals surface area contributed by atoms with E-state index in [4.69, 9.17) is 0 Å². The normalized spacial score (nSPS) is 18.1. The van der Waals surface area contributed by atoms with Crippen molar-refractivity contribution >= 4 is 0 Å². The number of hydrogen-bond donors (Lipinski definition) is 3. The molecular formula is C13H19NO2. The summed E-state index contributed by atoms with van der Waals surface area (Å²) < 4.78 is 0. The van der Waals surface area contributed by atoms with E-state index >= 15 is 0 Å². The van der Waals surface area contributed by atoms with Gasteiger partial charge in [-0.2, -0.15) is 0 Å². The molecule has 0 heterocycles. The average Bonchev–Trinajstić information content (AvgIpc) is 2.23. The van der Waals surface area contributed by atoms with Gasteiger partial charge < -0.3 is 15.5 Å². The highest BCUT2D eigenvalue weighted by Gasteiger charge is 2.34. The molecule has 0 aromatic heterocycles. The second kappa shape index (κ2) is 4.34. The maximum Gasteiger partial charge on any atom is 0.161 e. The summed E-state index contributed by atoms with van der Waals surface area (Å²) in [6.07, 6.45) is 4.82. The molecule has 16 heavy (non-hydrogen) atoms. The molecule has 1 saturated carbocycles. The summed E-state index contributed by atoms with van der Waals surface area (Å²) in [5, 5.41) is 22.5. The van der Waals surface area contributed by atoms with Gasteiger partial charge in [-0.3, -0.25) is 0 Å². The molecule has 0 unspecified atom stereocenters. The summed E-state index contributed by atoms with van der Waals surface area (Å²) in [5.74, 6) is -0.0426. The van der Waals surface area contributed by atoms with Crippen LogP contribution in [0.4, 0.5) is 0 Å². The minimum Gasteiger partial charge on any atom is -0.504 e. The summed E-state index contributed by atoms with van der Waals surface area (Å²) in [4.78, 5) is 0. The lowest BCUT2D eigenvalue weighted by molar-refractivity contribution is 0.175. The molecule has 3 N–H and O–H groups in total. The Morgan fingerprint density at radius 3 is 2.62 bits per heavy atom. The monoisotopic (exact) mass is 221 g/mol. The molecule has 0 bridgehead atoms. The van der Waals surface area contributed by atoms with Crippen LogP contribution in [0.1, 0.15) is 38.2 Å². The number of para-hydroxylation sites is 1. The Bertz CT molecular complexity index is 367. The molecule has 0 radical (unpaired) electrons. The predicted octanol–water partition coefficient (Wildman–Crippen LogP) is 2.52. The highest BCUT2D eigenvalue weighted by molar-refractivity contribution is 5.44. The van der Waals surface area contributed by atoms with Crippen molar-refractivity contribution in [1.29, 1.82) is 0 Å². The topological polar surface area (TPSA) is 52.5 Å². The molecule has 0 aliphatic heterocycles. The molecule has 0 spiro atoms. The van der Waals surface area contributed by atoms with Gasteiger partial charge in [0.15, 0.2) is 11.5 Å². The van der Waals surface area contributed by atoms with Crippen molar-refractivity contribution in [2.75, 3.05) is 0 Å². The number of rotatable bonds is 4. The van der Waals surface area contributed by atoms with E-state index in [-0.39, 0.29) is 17.0 Å². The van der Waals surface area contributed by atoms with E-state index in [2.05, 4.69) is 12.2 Å². The van der Waals surface area contributed by atoms with Gasteiger partial charge in [0, 0.05) is 17.6 Å². The Morgan fingerprint density at radius 2 is 2.06 bits per heavy atom. The van der Waals surface area contributed by atoms with E-state index in [9.17, 15) is 10.2 Å². The van der Waals surface area contributed by atoms with E-state index in [0.29, 0.717) is 6.54 Å². The molecule has 0 saturated heterocycles. The molecule has 1 aliphatic carbocycles. The second-order valence-electron chi connectivity index (χ2n) is 4.63. The Morgan fingerprint density at radius 1 is 1.31 bits per heavy atom. The number of phenols is 2. The van der Waals surface area contributed by atoms with Crippen molar-refractivity contribution in [2.24, 2.45) is 0 Å². The zero-order valence-electron chi connectivity index (χ0n) is 9.66. The maximum absolute atomic E-state index is 9.67. The highest BCUT2D eigenvalue weighted by Crippen LogP contribution is 2.36. The van der Waals surface area contributed by atoms with Crippen LogP contribution >= 0.6 is 0 Å². The molecule has 0 atom stereocenters. The van der Waals surface area contributed by atoms with Crippen molar-refractivity contribution < 1.29 is 10.2 Å². The summed E-state index contributed by atoms with van der Waals surface area (Å²) in [6, 6.07) is 5.09. The van der Waals surface area contributed by atoms with Gasteiger partial charge in [0.1, 0.15) is 0 Å². The fraction of sp³-hybridized carbons (Fsp3) is 0.538. The molecule has 0 amide bonds. The minimum atomic E-state index is -0.0431. The van der Waals surface area contributed by atoms with Crippen LogP contribution in [0.3, 0.4) is 0 Å². The number of benzene rings is 1. The molecule has 1 aliphatic rings. The fourth-order valence-electron chi connectivity index (χ4n) is 2.26. The first-order chi connectivity index (χ1) is 7.67. The van der Waals surface area contributed by atoms with E-state index in [1.54, 1.807) is 6.07 Å². The van der Waals surface area contributed by atoms with Crippen molar-refractivity contribution in [3.05, 3.63) is 23.8 Å². The van der Waals surface area contributed by atoms with Gasteiger partial charge in [0.25, 0.3) is 0 Å². The van der Waals surface area contributed by atoms with Gasteiger partial charge in [0.2, 0.25) is 0 Å². The standard InChI is InChI=1S/C13H19NO2/c1-2-13(7-4-8-13)14-9-10-5-3-6-11(15)12(10)16/h3,5-6,14-16H,2,4,7-9H2,1H3. The zero-order valence-corrected chi connectivity index (χ0v) is 9.66. The molecule has 2 rings (SSSR count). The molecule has 1 fully saturated rings. The lowest BCUT2D eigenvalue weighted by Gasteiger charge is -2.42. The smallest absolute Gasteiger partial charge is 0.161 e. The van der Waals surface area contributed by atoms with Gasteiger partial charge in [0.05, 0.1) is 0 Å². The van der Waals surface area contributed by atoms with Crippen LogP contribution in [0.5, 0.6) is 11.5 Å². The number of aromatic hydroxyl groups is 2. The fourth-order valence-corrected chi connectivity index (χ4v) is 2.26. The molecule has 1 aromatic rings. The number of hydrogen-bond acceptors (Lipinski definition) is 3. The van der Waals surface area contributed by atoms with Crippen molar-refractivity contribution in [1.82, 2.24) is 5.32 Å². The summed E-state index contributed by atoms with van der Waals surface area (Å²) in [7, 11) is 0. The first-order valence-corrected chi connectivity index (χ1v) is 5.92. The third-order valence-corrected chi connectivity index (χ3v) is 3.74. The Labute approximate surface area is 96.1 Å². The van der Waals surface area contributed by atoms with Crippen LogP contribution in [0.2, 0.25) is 0 Å². The van der Waals surface area contributed by atoms with Gasteiger partial charge in [-0.05, 0) is 31.7 Å². The van der Waals surface area contributed by atoms with Crippen LogP contribution in [0.25, 0.3) is 0 Å². The SMILES string of the molecule is CCC1(NCc2cccc(O)c2O)CCC1. The van der Waals surface area contributed by atoms with Crippen LogP contribution in [-0.2, 0) is 6.54 Å². The lowest BCUT2D eigenvalue weighted by atomic mass is 9.75. The minimum absolute atomic E-state index is 0.000534. The highest BCUT2D eigenvalue weighted by atomic mass is 16.3. The summed E-state index contributed by atoms with van der Waals surface area (Å²) in [6.45, 7) is 2.81. The molecular weight excluding hydrogens is 202 g/mol. The molecule has 3 heteroatoms. The Hall–Kier alpha value is -1.22. The second-order valence-corrected chi connectivity index (χ2v) is 4.63. The van der Waals surface area contributed by atoms with Gasteiger partial charge in [-0.1, -0.05) is 19.1 Å². The molecule has 88 valence electrons. The van der Waals surface area contributed by atoms with Crippen LogP contribution < -0.4 is 5.32 Å². The van der Waals surface area contributed by atoms with E-state index in [1.165, 1.54) is 25.3 Å². The quantitative estimate of drug-likeness (QED) is 0.685. The van der Waals surface area contributed by atoms with E-state index in [1.807, 2.05) is 6.07 Å². The summed E-state index contributed by atoms with van der Waals surface area (Å²) in [5.41, 5.74) is 1.03. The van der Waals surface area contributed by atoms with Crippen molar-refractivity contribution in [3.63, 3.8) is 0 Å². The molecule has 3 nitrogen and oxygen atoms in total. The number of phenolic OH excluding ortho intramolecular Hbond substituents is 2. The van der Waals surface area contributed by atoms with Crippen LogP contribution in [0, 0.1) is 0 Å². The third-order valence-electron chi connectivity index (χ3n) is 3.74. The largest absolute Gasteiger partial charge is 0.504 e. The predicted molar refractivity (Wildman–Crippen MR) is 63.5 cm³/mol. The van der Waals surface area contributed by atoms with Crippen molar-refractivity contribution in [3.8, 4) is 11.5 Å². The van der Waals surface area contributed by atoms with E-state index < -0.39 is 0 Å². The van der Waals surface area contributed by atoms with Crippen molar-refractivity contribution in [2.45, 2.75) is 44.7 Å². The zero-order chi connectivity index (χ0) is 11.6. The van der Waals surface area contributed by atoms with Gasteiger partial charge in [-0.15, -0.1) is 0 Å². The molecule has 1 aromatic carbocycles.